The van der Waals surface area contributed by atoms with Gasteiger partial charge in [0.25, 0.3) is 0 Å². The van der Waals surface area contributed by atoms with Gasteiger partial charge in [0.2, 0.25) is 11.8 Å². The predicted octanol–water partition coefficient (Wildman–Crippen LogP) is 3.03. The van der Waals surface area contributed by atoms with Crippen LogP contribution in [0.25, 0.3) is 0 Å². The minimum absolute atomic E-state index is 0.166. The third-order valence-electron chi connectivity index (χ3n) is 2.77. The smallest absolute Gasteiger partial charge is 0.226 e. The van der Waals surface area contributed by atoms with Crippen molar-refractivity contribution < 1.29 is 4.74 Å². The van der Waals surface area contributed by atoms with E-state index in [0.717, 1.165) is 5.69 Å². The number of nitrogens with zero attached hydrogens (tertiary/aromatic N) is 2. The van der Waals surface area contributed by atoms with E-state index < -0.39 is 0 Å². The number of nitrogens with one attached hydrogen (secondary N) is 1. The van der Waals surface area contributed by atoms with E-state index in [1.165, 1.54) is 0 Å². The van der Waals surface area contributed by atoms with E-state index in [1.807, 2.05) is 19.9 Å². The lowest BCUT2D eigenvalue weighted by molar-refractivity contribution is 0.325. The van der Waals surface area contributed by atoms with Gasteiger partial charge >= 0.3 is 0 Å². The zero-order valence-corrected chi connectivity index (χ0v) is 11.7. The highest BCUT2D eigenvalue weighted by Crippen LogP contribution is 2.22. The molecule has 1 unspecified atom stereocenters. The summed E-state index contributed by atoms with van der Waals surface area (Å²) < 4.78 is 5.40. The molecule has 4 heteroatoms. The minimum Gasteiger partial charge on any atom is -0.478 e. The summed E-state index contributed by atoms with van der Waals surface area (Å²) in [5, 5.41) is 3.32. The molecule has 0 saturated carbocycles. The van der Waals surface area contributed by atoms with Gasteiger partial charge in [-0.1, -0.05) is 20.8 Å². The molecule has 0 aliphatic heterocycles. The Morgan fingerprint density at radius 3 is 2.53 bits per heavy atom. The van der Waals surface area contributed by atoms with Gasteiger partial charge < -0.3 is 10.1 Å². The van der Waals surface area contributed by atoms with Crippen molar-refractivity contribution in [2.24, 2.45) is 5.41 Å². The zero-order chi connectivity index (χ0) is 13.1. The first-order valence-electron chi connectivity index (χ1n) is 6.08. The Morgan fingerprint density at radius 2 is 2.00 bits per heavy atom. The fraction of sp³-hybridized carbons (Fsp3) is 0.692. The summed E-state index contributed by atoms with van der Waals surface area (Å²) in [6, 6.07) is 2.13. The average molecular weight is 237 g/mol. The molecule has 1 aromatic heterocycles. The van der Waals surface area contributed by atoms with Crippen LogP contribution in [0.5, 0.6) is 5.88 Å². The van der Waals surface area contributed by atoms with Crippen molar-refractivity contribution >= 4 is 5.95 Å². The van der Waals surface area contributed by atoms with Gasteiger partial charge in [0, 0.05) is 17.8 Å². The van der Waals surface area contributed by atoms with Gasteiger partial charge in [-0.2, -0.15) is 4.98 Å². The molecule has 1 rings (SSSR count). The summed E-state index contributed by atoms with van der Waals surface area (Å²) in [6.07, 6.45) is 0. The zero-order valence-electron chi connectivity index (χ0n) is 11.7. The van der Waals surface area contributed by atoms with Crippen LogP contribution >= 0.6 is 0 Å². The van der Waals surface area contributed by atoms with Crippen LogP contribution in [0.3, 0.4) is 0 Å². The third kappa shape index (κ3) is 4.21. The topological polar surface area (TPSA) is 47.0 Å². The highest BCUT2D eigenvalue weighted by atomic mass is 16.5. The van der Waals surface area contributed by atoms with E-state index >= 15 is 0 Å². The lowest BCUT2D eigenvalue weighted by Gasteiger charge is -2.28. The fourth-order valence-corrected chi connectivity index (χ4v) is 1.24. The maximum Gasteiger partial charge on any atom is 0.226 e. The second-order valence-electron chi connectivity index (χ2n) is 5.34. The van der Waals surface area contributed by atoms with Crippen LogP contribution in [-0.2, 0) is 0 Å². The van der Waals surface area contributed by atoms with Crippen LogP contribution in [0.1, 0.15) is 40.3 Å². The van der Waals surface area contributed by atoms with E-state index in [9.17, 15) is 0 Å². The normalized spacial score (nSPS) is 13.3. The fourth-order valence-electron chi connectivity index (χ4n) is 1.24. The van der Waals surface area contributed by atoms with Crippen LogP contribution < -0.4 is 10.1 Å². The van der Waals surface area contributed by atoms with Crippen molar-refractivity contribution in [1.82, 2.24) is 9.97 Å². The number of hydrogen-bond donors (Lipinski definition) is 1. The molecule has 0 aliphatic rings. The summed E-state index contributed by atoms with van der Waals surface area (Å²) in [5.74, 6) is 1.26. The number of ether oxygens (including phenoxy) is 1. The standard InChI is InChI=1S/C13H23N3O/c1-7-17-11-8-9(2)14-12(16-11)15-10(3)13(4,5)6/h8,10H,7H2,1-6H3,(H,14,15,16). The molecule has 4 nitrogen and oxygen atoms in total. The first kappa shape index (κ1) is 13.7. The van der Waals surface area contributed by atoms with Gasteiger partial charge in [0.05, 0.1) is 6.61 Å². The molecule has 0 bridgehead atoms. The number of rotatable bonds is 4. The molecule has 0 fully saturated rings. The molecule has 0 aliphatic carbocycles. The second kappa shape index (κ2) is 5.34. The van der Waals surface area contributed by atoms with Crippen LogP contribution in [0.15, 0.2) is 6.07 Å². The molecule has 96 valence electrons. The SMILES string of the molecule is CCOc1cc(C)nc(NC(C)C(C)(C)C)n1. The lowest BCUT2D eigenvalue weighted by Crippen LogP contribution is -2.31. The molecule has 0 radical (unpaired) electrons. The van der Waals surface area contributed by atoms with Crippen LogP contribution in [-0.4, -0.2) is 22.6 Å². The Kier molecular flexibility index (Phi) is 4.32. The molecule has 1 atom stereocenters. The Balaban J connectivity index is 2.84. The summed E-state index contributed by atoms with van der Waals surface area (Å²) in [4.78, 5) is 8.70. The average Bonchev–Trinajstić information content (AvgIpc) is 2.15. The first-order valence-corrected chi connectivity index (χ1v) is 6.08. The van der Waals surface area contributed by atoms with Crippen molar-refractivity contribution in [3.05, 3.63) is 11.8 Å². The number of anilines is 1. The molecular formula is C13H23N3O. The maximum atomic E-state index is 5.40. The van der Waals surface area contributed by atoms with Gasteiger partial charge in [0.15, 0.2) is 0 Å². The Labute approximate surface area is 104 Å². The molecule has 0 spiro atoms. The summed E-state index contributed by atoms with van der Waals surface area (Å²) in [6.45, 7) is 13.2. The van der Waals surface area contributed by atoms with Gasteiger partial charge in [-0.05, 0) is 26.2 Å². The van der Waals surface area contributed by atoms with Crippen molar-refractivity contribution in [1.29, 1.82) is 0 Å². The maximum absolute atomic E-state index is 5.40. The van der Waals surface area contributed by atoms with E-state index in [0.29, 0.717) is 24.5 Å². The van der Waals surface area contributed by atoms with E-state index in [1.54, 1.807) is 0 Å². The lowest BCUT2D eigenvalue weighted by atomic mass is 9.88. The van der Waals surface area contributed by atoms with Gasteiger partial charge in [-0.15, -0.1) is 0 Å². The summed E-state index contributed by atoms with van der Waals surface area (Å²) >= 11 is 0. The van der Waals surface area contributed by atoms with Gasteiger partial charge in [-0.25, -0.2) is 4.98 Å². The molecule has 1 N–H and O–H groups in total. The number of aryl methyl sites for hydroxylation is 1. The molecular weight excluding hydrogens is 214 g/mol. The molecule has 1 heterocycles. The van der Waals surface area contributed by atoms with Gasteiger partial charge in [-0.3, -0.25) is 0 Å². The Morgan fingerprint density at radius 1 is 1.35 bits per heavy atom. The Bertz CT molecular complexity index is 371. The van der Waals surface area contributed by atoms with E-state index in [-0.39, 0.29) is 5.41 Å². The second-order valence-corrected chi connectivity index (χ2v) is 5.34. The van der Waals surface area contributed by atoms with Crippen LogP contribution in [0.4, 0.5) is 5.95 Å². The molecule has 0 saturated heterocycles. The first-order chi connectivity index (χ1) is 7.82. The monoisotopic (exact) mass is 237 g/mol. The highest BCUT2D eigenvalue weighted by Gasteiger charge is 2.20. The van der Waals surface area contributed by atoms with Gasteiger partial charge in [0.1, 0.15) is 0 Å². The van der Waals surface area contributed by atoms with Crippen molar-refractivity contribution in [2.75, 3.05) is 11.9 Å². The van der Waals surface area contributed by atoms with Crippen LogP contribution in [0.2, 0.25) is 0 Å². The Hall–Kier alpha value is -1.32. The molecule has 0 amide bonds. The molecule has 0 aromatic carbocycles. The predicted molar refractivity (Wildman–Crippen MR) is 70.5 cm³/mol. The molecule has 17 heavy (non-hydrogen) atoms. The molecule has 1 aromatic rings. The van der Waals surface area contributed by atoms with Crippen LogP contribution in [0, 0.1) is 12.3 Å². The quantitative estimate of drug-likeness (QED) is 0.874. The van der Waals surface area contributed by atoms with E-state index in [2.05, 4.69) is 43.0 Å². The van der Waals surface area contributed by atoms with Crippen molar-refractivity contribution in [2.45, 2.75) is 47.6 Å². The van der Waals surface area contributed by atoms with Crippen molar-refractivity contribution in [3.8, 4) is 5.88 Å². The highest BCUT2D eigenvalue weighted by molar-refractivity contribution is 5.32. The summed E-state index contributed by atoms with van der Waals surface area (Å²) in [5.41, 5.74) is 1.07. The third-order valence-corrected chi connectivity index (χ3v) is 2.77. The number of hydrogen-bond acceptors (Lipinski definition) is 4. The van der Waals surface area contributed by atoms with E-state index in [4.69, 9.17) is 4.74 Å². The number of aromatic nitrogens is 2. The largest absolute Gasteiger partial charge is 0.478 e. The van der Waals surface area contributed by atoms with Crippen molar-refractivity contribution in [3.63, 3.8) is 0 Å². The minimum atomic E-state index is 0.166. The summed E-state index contributed by atoms with van der Waals surface area (Å²) in [7, 11) is 0.